The molecule has 0 amide bonds. The number of aryl methyl sites for hydroxylation is 1. The van der Waals surface area contributed by atoms with Crippen LogP contribution in [0.1, 0.15) is 32.0 Å². The predicted molar refractivity (Wildman–Crippen MR) is 66.7 cm³/mol. The minimum absolute atomic E-state index is 0.000457. The Morgan fingerprint density at radius 2 is 2.18 bits per heavy atom. The van der Waals surface area contributed by atoms with Gasteiger partial charge in [-0.2, -0.15) is 5.10 Å². The molecule has 0 aromatic carbocycles. The maximum Gasteiger partial charge on any atom is 0.160 e. The highest BCUT2D eigenvalue weighted by Gasteiger charge is 2.15. The van der Waals surface area contributed by atoms with Crippen LogP contribution in [0.3, 0.4) is 0 Å². The van der Waals surface area contributed by atoms with E-state index in [9.17, 15) is 0 Å². The van der Waals surface area contributed by atoms with Crippen molar-refractivity contribution >= 4 is 0 Å². The van der Waals surface area contributed by atoms with Crippen molar-refractivity contribution in [1.82, 2.24) is 19.3 Å². The summed E-state index contributed by atoms with van der Waals surface area (Å²) in [5.41, 5.74) is 7.20. The first kappa shape index (κ1) is 11.9. The van der Waals surface area contributed by atoms with Crippen LogP contribution >= 0.6 is 0 Å². The highest BCUT2D eigenvalue weighted by Crippen LogP contribution is 2.20. The summed E-state index contributed by atoms with van der Waals surface area (Å²) in [6.45, 7) is 4.34. The van der Waals surface area contributed by atoms with Crippen molar-refractivity contribution in [2.75, 3.05) is 0 Å². The molecule has 17 heavy (non-hydrogen) atoms. The van der Waals surface area contributed by atoms with E-state index < -0.39 is 0 Å². The molecule has 0 aliphatic heterocycles. The molecule has 2 aromatic heterocycles. The minimum Gasteiger partial charge on any atom is -0.323 e. The largest absolute Gasteiger partial charge is 0.323 e. The van der Waals surface area contributed by atoms with E-state index in [4.69, 9.17) is 5.73 Å². The van der Waals surface area contributed by atoms with Crippen molar-refractivity contribution in [2.45, 2.75) is 26.3 Å². The quantitative estimate of drug-likeness (QED) is 0.873. The smallest absolute Gasteiger partial charge is 0.160 e. The molecule has 0 aliphatic carbocycles. The number of imidazole rings is 1. The zero-order valence-corrected chi connectivity index (χ0v) is 10.5. The molecule has 5 heteroatoms. The molecule has 2 heterocycles. The van der Waals surface area contributed by atoms with Crippen LogP contribution in [0.25, 0.3) is 5.82 Å². The molecule has 0 saturated carbocycles. The fourth-order valence-electron chi connectivity index (χ4n) is 1.93. The molecule has 1 unspecified atom stereocenters. The highest BCUT2D eigenvalue weighted by atomic mass is 15.3. The third-order valence-electron chi connectivity index (χ3n) is 2.72. The topological polar surface area (TPSA) is 61.7 Å². The maximum atomic E-state index is 6.19. The van der Waals surface area contributed by atoms with E-state index in [2.05, 4.69) is 23.9 Å². The number of hydrogen-bond donors (Lipinski definition) is 1. The van der Waals surface area contributed by atoms with Gasteiger partial charge in [0, 0.05) is 25.4 Å². The predicted octanol–water partition coefficient (Wildman–Crippen LogP) is 1.65. The van der Waals surface area contributed by atoms with Gasteiger partial charge in [0.25, 0.3) is 0 Å². The number of hydrogen-bond acceptors (Lipinski definition) is 3. The molecular formula is C12H19N5. The lowest BCUT2D eigenvalue weighted by atomic mass is 10.0. The normalized spacial score (nSPS) is 13.2. The second-order valence-corrected chi connectivity index (χ2v) is 4.77. The van der Waals surface area contributed by atoms with E-state index in [1.807, 2.05) is 30.1 Å². The Kier molecular flexibility index (Phi) is 3.28. The van der Waals surface area contributed by atoms with E-state index in [-0.39, 0.29) is 6.04 Å². The van der Waals surface area contributed by atoms with Crippen LogP contribution in [0.4, 0.5) is 0 Å². The summed E-state index contributed by atoms with van der Waals surface area (Å²) >= 11 is 0. The molecule has 2 N–H and O–H groups in total. The average Bonchev–Trinajstić information content (AvgIpc) is 2.83. The Morgan fingerprint density at radius 1 is 1.41 bits per heavy atom. The van der Waals surface area contributed by atoms with Crippen molar-refractivity contribution in [3.05, 3.63) is 30.5 Å². The van der Waals surface area contributed by atoms with E-state index in [1.54, 1.807) is 11.0 Å². The Morgan fingerprint density at radius 3 is 2.76 bits per heavy atom. The van der Waals surface area contributed by atoms with Crippen LogP contribution in [0.2, 0.25) is 0 Å². The molecular weight excluding hydrogens is 214 g/mol. The van der Waals surface area contributed by atoms with Crippen LogP contribution in [0.5, 0.6) is 0 Å². The lowest BCUT2D eigenvalue weighted by Crippen LogP contribution is -2.16. The third kappa shape index (κ3) is 2.55. The lowest BCUT2D eigenvalue weighted by molar-refractivity contribution is 0.497. The fourth-order valence-corrected chi connectivity index (χ4v) is 1.93. The number of nitrogens with zero attached hydrogens (tertiary/aromatic N) is 4. The van der Waals surface area contributed by atoms with Gasteiger partial charge in [0.1, 0.15) is 6.33 Å². The van der Waals surface area contributed by atoms with Crippen LogP contribution in [0.15, 0.2) is 24.8 Å². The molecule has 0 spiro atoms. The van der Waals surface area contributed by atoms with Crippen molar-refractivity contribution in [1.29, 1.82) is 0 Å². The summed E-state index contributed by atoms with van der Waals surface area (Å²) in [6, 6.07) is 1.95. The zero-order chi connectivity index (χ0) is 12.4. The van der Waals surface area contributed by atoms with E-state index in [0.717, 1.165) is 17.9 Å². The highest BCUT2D eigenvalue weighted by molar-refractivity contribution is 5.25. The second-order valence-electron chi connectivity index (χ2n) is 4.77. The Bertz CT molecular complexity index is 483. The van der Waals surface area contributed by atoms with E-state index >= 15 is 0 Å². The standard InChI is InChI=1S/C12H19N5/c1-9(2)6-10(13)11-7-14-8-17(11)12-4-5-16(3)15-12/h4-5,7-10H,6,13H2,1-3H3. The molecule has 0 bridgehead atoms. The summed E-state index contributed by atoms with van der Waals surface area (Å²) < 4.78 is 3.72. The van der Waals surface area contributed by atoms with Crippen LogP contribution in [-0.2, 0) is 7.05 Å². The van der Waals surface area contributed by atoms with Crippen molar-refractivity contribution in [2.24, 2.45) is 18.7 Å². The Labute approximate surface area is 101 Å². The second kappa shape index (κ2) is 4.71. The Hall–Kier alpha value is -1.62. The third-order valence-corrected chi connectivity index (χ3v) is 2.72. The van der Waals surface area contributed by atoms with Gasteiger partial charge < -0.3 is 5.73 Å². The SMILES string of the molecule is CC(C)CC(N)c1cncn1-c1ccn(C)n1. The lowest BCUT2D eigenvalue weighted by Gasteiger charge is -2.15. The van der Waals surface area contributed by atoms with Crippen LogP contribution in [0, 0.1) is 5.92 Å². The molecule has 2 aromatic rings. The molecule has 5 nitrogen and oxygen atoms in total. The molecule has 0 fully saturated rings. The minimum atomic E-state index is -0.000457. The number of rotatable bonds is 4. The van der Waals surface area contributed by atoms with Gasteiger partial charge >= 0.3 is 0 Å². The molecule has 0 saturated heterocycles. The fraction of sp³-hybridized carbons (Fsp3) is 0.500. The van der Waals surface area contributed by atoms with E-state index in [1.165, 1.54) is 0 Å². The van der Waals surface area contributed by atoms with Gasteiger partial charge in [-0.3, -0.25) is 9.25 Å². The summed E-state index contributed by atoms with van der Waals surface area (Å²) in [4.78, 5) is 4.17. The van der Waals surface area contributed by atoms with Gasteiger partial charge in [-0.15, -0.1) is 0 Å². The van der Waals surface area contributed by atoms with Gasteiger partial charge in [-0.05, 0) is 12.3 Å². The maximum absolute atomic E-state index is 6.19. The summed E-state index contributed by atoms with van der Waals surface area (Å²) in [6.07, 6.45) is 6.44. The van der Waals surface area contributed by atoms with Crippen LogP contribution < -0.4 is 5.73 Å². The van der Waals surface area contributed by atoms with Gasteiger partial charge in [-0.1, -0.05) is 13.8 Å². The zero-order valence-electron chi connectivity index (χ0n) is 10.5. The number of aromatic nitrogens is 4. The number of nitrogens with two attached hydrogens (primary N) is 1. The average molecular weight is 233 g/mol. The molecule has 2 rings (SSSR count). The Balaban J connectivity index is 2.28. The van der Waals surface area contributed by atoms with Gasteiger partial charge in [0.05, 0.1) is 11.9 Å². The van der Waals surface area contributed by atoms with E-state index in [0.29, 0.717) is 5.92 Å². The monoisotopic (exact) mass is 233 g/mol. The summed E-state index contributed by atoms with van der Waals surface area (Å²) in [5.74, 6) is 1.43. The molecule has 92 valence electrons. The molecule has 1 atom stereocenters. The van der Waals surface area contributed by atoms with Crippen molar-refractivity contribution in [3.8, 4) is 5.82 Å². The first-order valence-electron chi connectivity index (χ1n) is 5.85. The van der Waals surface area contributed by atoms with Gasteiger partial charge in [0.15, 0.2) is 5.82 Å². The first-order valence-corrected chi connectivity index (χ1v) is 5.85. The summed E-state index contributed by atoms with van der Waals surface area (Å²) in [5, 5.41) is 4.36. The van der Waals surface area contributed by atoms with Crippen molar-refractivity contribution < 1.29 is 0 Å². The van der Waals surface area contributed by atoms with Crippen LogP contribution in [-0.4, -0.2) is 19.3 Å². The van der Waals surface area contributed by atoms with Gasteiger partial charge in [-0.25, -0.2) is 4.98 Å². The molecule has 0 radical (unpaired) electrons. The summed E-state index contributed by atoms with van der Waals surface area (Å²) in [7, 11) is 1.90. The first-order chi connectivity index (χ1) is 8.08. The molecule has 0 aliphatic rings. The van der Waals surface area contributed by atoms with Gasteiger partial charge in [0.2, 0.25) is 0 Å². The van der Waals surface area contributed by atoms with Crippen molar-refractivity contribution in [3.63, 3.8) is 0 Å².